The molecular weight excluding hydrogens is 352 g/mol. The molecule has 1 atom stereocenters. The van der Waals surface area contributed by atoms with Crippen LogP contribution in [0.1, 0.15) is 12.8 Å². The molecule has 0 N–H and O–H groups in total. The lowest BCUT2D eigenvalue weighted by atomic mass is 10.1. The van der Waals surface area contributed by atoms with Crippen molar-refractivity contribution in [2.75, 3.05) is 25.9 Å². The summed E-state index contributed by atoms with van der Waals surface area (Å²) in [5.41, 5.74) is 0. The van der Waals surface area contributed by atoms with E-state index in [9.17, 15) is 21.6 Å². The summed E-state index contributed by atoms with van der Waals surface area (Å²) in [7, 11) is -6.89. The van der Waals surface area contributed by atoms with Crippen LogP contribution in [0.5, 0.6) is 0 Å². The van der Waals surface area contributed by atoms with Gasteiger partial charge in [-0.05, 0) is 25.0 Å². The highest BCUT2D eigenvalue weighted by molar-refractivity contribution is 7.91. The monoisotopic (exact) mass is 372 g/mol. The smallest absolute Gasteiger partial charge is 0.243 e. The second-order valence-corrected chi connectivity index (χ2v) is 10.5. The molecule has 9 heteroatoms. The van der Waals surface area contributed by atoms with Gasteiger partial charge in [-0.3, -0.25) is 4.79 Å². The van der Waals surface area contributed by atoms with E-state index in [-0.39, 0.29) is 23.9 Å². The second kappa shape index (κ2) is 6.12. The number of hydrogen-bond donors (Lipinski definition) is 0. The third-order valence-electron chi connectivity index (χ3n) is 4.60. The summed E-state index contributed by atoms with van der Waals surface area (Å²) >= 11 is 0. The minimum absolute atomic E-state index is 0.146. The van der Waals surface area contributed by atoms with Crippen LogP contribution in [0, 0.1) is 0 Å². The maximum absolute atomic E-state index is 12.8. The van der Waals surface area contributed by atoms with Crippen molar-refractivity contribution in [3.63, 3.8) is 0 Å². The van der Waals surface area contributed by atoms with Crippen molar-refractivity contribution >= 4 is 25.8 Å². The van der Waals surface area contributed by atoms with Crippen molar-refractivity contribution in [3.8, 4) is 0 Å². The van der Waals surface area contributed by atoms with Gasteiger partial charge >= 0.3 is 0 Å². The Balaban J connectivity index is 1.76. The lowest BCUT2D eigenvalue weighted by molar-refractivity contribution is -0.137. The van der Waals surface area contributed by atoms with Gasteiger partial charge in [0.1, 0.15) is 6.04 Å². The average Bonchev–Trinajstić information content (AvgIpc) is 2.95. The van der Waals surface area contributed by atoms with Gasteiger partial charge in [0.25, 0.3) is 0 Å². The zero-order valence-corrected chi connectivity index (χ0v) is 15.0. The standard InChI is InChI=1S/C15H20N2O5S2/c1-23(19,20)13-10-16(11-13)15(18)14-8-5-9-17(14)24(21,22)12-6-3-2-4-7-12/h2-4,6-7,13-14H,5,8-11H2,1H3/t14-/m1/s1. The zero-order valence-electron chi connectivity index (χ0n) is 13.3. The van der Waals surface area contributed by atoms with Crippen molar-refractivity contribution in [2.45, 2.75) is 29.0 Å². The van der Waals surface area contributed by atoms with Gasteiger partial charge < -0.3 is 4.90 Å². The Morgan fingerprint density at radius 2 is 1.71 bits per heavy atom. The number of hydrogen-bond acceptors (Lipinski definition) is 5. The van der Waals surface area contributed by atoms with Crippen molar-refractivity contribution in [2.24, 2.45) is 0 Å². The first-order chi connectivity index (χ1) is 11.2. The highest BCUT2D eigenvalue weighted by Crippen LogP contribution is 2.29. The third-order valence-corrected chi connectivity index (χ3v) is 8.04. The maximum Gasteiger partial charge on any atom is 0.243 e. The number of sulfonamides is 1. The van der Waals surface area contributed by atoms with Crippen LogP contribution in [-0.4, -0.2) is 69.1 Å². The summed E-state index contributed by atoms with van der Waals surface area (Å²) in [5.74, 6) is -0.299. The van der Waals surface area contributed by atoms with Crippen LogP contribution in [0.4, 0.5) is 0 Å². The molecule has 0 spiro atoms. The van der Waals surface area contributed by atoms with Crippen LogP contribution in [0.2, 0.25) is 0 Å². The van der Waals surface area contributed by atoms with E-state index in [1.54, 1.807) is 18.2 Å². The predicted molar refractivity (Wildman–Crippen MR) is 88.6 cm³/mol. The quantitative estimate of drug-likeness (QED) is 0.747. The number of carbonyl (C=O) groups excluding carboxylic acids is 1. The lowest BCUT2D eigenvalue weighted by Crippen LogP contribution is -2.60. The summed E-state index contributed by atoms with van der Waals surface area (Å²) < 4.78 is 49.7. The molecule has 1 aromatic carbocycles. The molecule has 1 aromatic rings. The molecule has 7 nitrogen and oxygen atoms in total. The largest absolute Gasteiger partial charge is 0.339 e. The number of carbonyl (C=O) groups is 1. The fraction of sp³-hybridized carbons (Fsp3) is 0.533. The van der Waals surface area contributed by atoms with Gasteiger partial charge in [0.15, 0.2) is 9.84 Å². The maximum atomic E-state index is 12.8. The first-order valence-electron chi connectivity index (χ1n) is 7.76. The predicted octanol–water partition coefficient (Wildman–Crippen LogP) is 0.0951. The fourth-order valence-corrected chi connectivity index (χ4v) is 5.68. The average molecular weight is 372 g/mol. The topological polar surface area (TPSA) is 91.8 Å². The minimum Gasteiger partial charge on any atom is -0.339 e. The Morgan fingerprint density at radius 3 is 2.29 bits per heavy atom. The highest BCUT2D eigenvalue weighted by atomic mass is 32.2. The van der Waals surface area contributed by atoms with Crippen molar-refractivity contribution in [3.05, 3.63) is 30.3 Å². The van der Waals surface area contributed by atoms with E-state index in [0.717, 1.165) is 6.26 Å². The molecule has 0 bridgehead atoms. The molecule has 2 fully saturated rings. The molecule has 0 radical (unpaired) electrons. The molecule has 1 amide bonds. The second-order valence-electron chi connectivity index (χ2n) is 6.28. The van der Waals surface area contributed by atoms with Crippen LogP contribution < -0.4 is 0 Å². The zero-order chi connectivity index (χ0) is 17.5. The Kier molecular flexibility index (Phi) is 4.43. The molecule has 0 aliphatic carbocycles. The Hall–Kier alpha value is -1.45. The van der Waals surface area contributed by atoms with Crippen LogP contribution in [-0.2, 0) is 24.7 Å². The molecule has 3 rings (SSSR count). The highest BCUT2D eigenvalue weighted by Gasteiger charge is 2.45. The van der Waals surface area contributed by atoms with E-state index in [4.69, 9.17) is 0 Å². The first-order valence-corrected chi connectivity index (χ1v) is 11.2. The summed E-state index contributed by atoms with van der Waals surface area (Å²) in [4.78, 5) is 14.2. The van der Waals surface area contributed by atoms with E-state index >= 15 is 0 Å². The summed E-state index contributed by atoms with van der Waals surface area (Å²) in [6.45, 7) is 0.595. The van der Waals surface area contributed by atoms with Crippen molar-refractivity contribution in [1.82, 2.24) is 9.21 Å². The van der Waals surface area contributed by atoms with Crippen LogP contribution >= 0.6 is 0 Å². The van der Waals surface area contributed by atoms with Gasteiger partial charge in [0, 0.05) is 25.9 Å². The molecule has 0 aromatic heterocycles. The normalized spacial score (nSPS) is 23.2. The number of sulfone groups is 1. The molecule has 24 heavy (non-hydrogen) atoms. The molecular formula is C15H20N2O5S2. The van der Waals surface area contributed by atoms with Gasteiger partial charge in [-0.25, -0.2) is 16.8 Å². The molecule has 2 saturated heterocycles. The van der Waals surface area contributed by atoms with Crippen molar-refractivity contribution in [1.29, 1.82) is 0 Å². The molecule has 2 aliphatic heterocycles. The summed E-state index contributed by atoms with van der Waals surface area (Å²) in [6, 6.07) is 7.31. The Morgan fingerprint density at radius 1 is 1.08 bits per heavy atom. The summed E-state index contributed by atoms with van der Waals surface area (Å²) in [5, 5.41) is -0.540. The third kappa shape index (κ3) is 3.07. The summed E-state index contributed by atoms with van der Waals surface area (Å²) in [6.07, 6.45) is 2.23. The molecule has 2 heterocycles. The number of rotatable bonds is 4. The number of nitrogens with zero attached hydrogens (tertiary/aromatic N) is 2. The number of likely N-dealkylation sites (tertiary alicyclic amines) is 1. The Labute approximate surface area is 142 Å². The van der Waals surface area contributed by atoms with Gasteiger partial charge in [-0.2, -0.15) is 4.31 Å². The molecule has 2 aliphatic rings. The number of benzene rings is 1. The fourth-order valence-electron chi connectivity index (χ4n) is 3.10. The van der Waals surface area contributed by atoms with E-state index < -0.39 is 31.2 Å². The van der Waals surface area contributed by atoms with E-state index in [1.807, 2.05) is 0 Å². The lowest BCUT2D eigenvalue weighted by Gasteiger charge is -2.40. The van der Waals surface area contributed by atoms with Crippen LogP contribution in [0.25, 0.3) is 0 Å². The Bertz CT molecular complexity index is 830. The SMILES string of the molecule is CS(=O)(=O)C1CN(C(=O)[C@H]2CCCN2S(=O)(=O)c2ccccc2)C1. The van der Waals surface area contributed by atoms with Gasteiger partial charge in [-0.1, -0.05) is 18.2 Å². The minimum atomic E-state index is -3.72. The van der Waals surface area contributed by atoms with Crippen LogP contribution in [0.15, 0.2) is 35.2 Å². The van der Waals surface area contributed by atoms with Crippen LogP contribution in [0.3, 0.4) is 0 Å². The van der Waals surface area contributed by atoms with E-state index in [1.165, 1.54) is 21.3 Å². The van der Waals surface area contributed by atoms with Gasteiger partial charge in [0.2, 0.25) is 15.9 Å². The van der Waals surface area contributed by atoms with E-state index in [0.29, 0.717) is 19.4 Å². The molecule has 0 saturated carbocycles. The van der Waals surface area contributed by atoms with Crippen molar-refractivity contribution < 1.29 is 21.6 Å². The van der Waals surface area contributed by atoms with Gasteiger partial charge in [0.05, 0.1) is 10.1 Å². The van der Waals surface area contributed by atoms with E-state index in [2.05, 4.69) is 0 Å². The first kappa shape index (κ1) is 17.4. The van der Waals surface area contributed by atoms with Gasteiger partial charge in [-0.15, -0.1) is 0 Å². The number of amides is 1. The molecule has 132 valence electrons. The molecule has 0 unspecified atom stereocenters.